The van der Waals surface area contributed by atoms with Gasteiger partial charge in [-0.2, -0.15) is 0 Å². The van der Waals surface area contributed by atoms with Crippen molar-refractivity contribution in [1.82, 2.24) is 39.9 Å². The summed E-state index contributed by atoms with van der Waals surface area (Å²) in [6.07, 6.45) is 0. The number of aromatic nitrogens is 8. The van der Waals surface area contributed by atoms with Gasteiger partial charge in [-0.15, -0.1) is 0 Å². The first-order valence-corrected chi connectivity index (χ1v) is 15.8. The summed E-state index contributed by atoms with van der Waals surface area (Å²) in [7, 11) is 0. The molecule has 0 spiro atoms. The van der Waals surface area contributed by atoms with Gasteiger partial charge in [0.2, 0.25) is 0 Å². The lowest BCUT2D eigenvalue weighted by Crippen LogP contribution is -1.96. The Bertz CT molecular complexity index is 2910. The fourth-order valence-corrected chi connectivity index (χ4v) is 6.56. The first kappa shape index (κ1) is 27.8. The minimum absolute atomic E-state index is 0.112. The molecule has 2 aliphatic rings. The molecule has 5 heterocycles. The van der Waals surface area contributed by atoms with Gasteiger partial charge in [0, 0.05) is 38.2 Å². The van der Waals surface area contributed by atoms with Gasteiger partial charge in [-0.3, -0.25) is 0 Å². The van der Waals surface area contributed by atoms with Gasteiger partial charge in [0.1, 0.15) is 34.1 Å². The molecule has 0 saturated carbocycles. The van der Waals surface area contributed by atoms with E-state index in [0.717, 1.165) is 32.7 Å². The minimum atomic E-state index is -1.05. The summed E-state index contributed by atoms with van der Waals surface area (Å²) in [6.45, 7) is 0. The zero-order valence-electron chi connectivity index (χ0n) is 25.9. The Kier molecular flexibility index (Phi) is 5.91. The average molecular weight is 651 g/mol. The molecule has 0 fully saturated rings. The lowest BCUT2D eigenvalue weighted by atomic mass is 10.1. The molecule has 0 atom stereocenters. The molecule has 0 aliphatic carbocycles. The highest BCUT2D eigenvalue weighted by Crippen LogP contribution is 2.43. The standard InChI is InChI=1S/C39H22N8O3/c48-39(49)20-9-7-10-21(19-20)50-29-18-8-17-28-30(29)38-46-36-27-16-6-5-15-26(27)34(44-36)42-32-23-12-2-1-11-22(23)31(40-32)41-33-24-13-3-4-14-25(24)35(43-33)45-37(28)47-38/h1-19H,(H,48,49)(H2,40,41,42,43,44,45,46,47). The van der Waals surface area contributed by atoms with Crippen LogP contribution in [0.1, 0.15) is 10.4 Å². The van der Waals surface area contributed by atoms with Crippen molar-refractivity contribution in [3.63, 3.8) is 0 Å². The lowest BCUT2D eigenvalue weighted by Gasteiger charge is -2.10. The maximum atomic E-state index is 11.7. The maximum Gasteiger partial charge on any atom is 0.335 e. The van der Waals surface area contributed by atoms with Crippen molar-refractivity contribution < 1.29 is 14.6 Å². The normalized spacial score (nSPS) is 11.8. The highest BCUT2D eigenvalue weighted by atomic mass is 16.5. The van der Waals surface area contributed by atoms with Crippen LogP contribution in [0, 0.1) is 0 Å². The Hall–Kier alpha value is -7.27. The molecule has 3 aromatic heterocycles. The largest absolute Gasteiger partial charge is 0.478 e. The maximum absolute atomic E-state index is 11.7. The van der Waals surface area contributed by atoms with Crippen molar-refractivity contribution in [2.45, 2.75) is 0 Å². The highest BCUT2D eigenvalue weighted by Gasteiger charge is 2.25. The second-order valence-electron chi connectivity index (χ2n) is 11.9. The third-order valence-corrected chi connectivity index (χ3v) is 8.85. The molecular formula is C39H22N8O3. The van der Waals surface area contributed by atoms with Gasteiger partial charge < -0.3 is 19.8 Å². The fourth-order valence-electron chi connectivity index (χ4n) is 6.56. The van der Waals surface area contributed by atoms with Crippen LogP contribution < -0.4 is 4.74 Å². The van der Waals surface area contributed by atoms with Gasteiger partial charge in [0.15, 0.2) is 23.3 Å². The number of hydrogen-bond acceptors (Lipinski definition) is 8. The second kappa shape index (κ2) is 10.6. The minimum Gasteiger partial charge on any atom is -0.478 e. The third kappa shape index (κ3) is 4.34. The van der Waals surface area contributed by atoms with E-state index in [2.05, 4.69) is 9.97 Å². The van der Waals surface area contributed by atoms with Crippen LogP contribution in [0.3, 0.4) is 0 Å². The van der Waals surface area contributed by atoms with Crippen molar-refractivity contribution >= 4 is 50.1 Å². The van der Waals surface area contributed by atoms with E-state index in [1.165, 1.54) is 12.1 Å². The van der Waals surface area contributed by atoms with Gasteiger partial charge >= 0.3 is 5.97 Å². The van der Waals surface area contributed by atoms with Crippen molar-refractivity contribution in [3.8, 4) is 57.1 Å². The third-order valence-electron chi connectivity index (χ3n) is 8.85. The number of carboxylic acid groups (broad SMARTS) is 1. The van der Waals surface area contributed by atoms with Crippen LogP contribution in [0.25, 0.3) is 89.7 Å². The summed E-state index contributed by atoms with van der Waals surface area (Å²) in [5.41, 5.74) is 5.50. The summed E-state index contributed by atoms with van der Waals surface area (Å²) >= 11 is 0. The van der Waals surface area contributed by atoms with E-state index in [1.807, 2.05) is 84.9 Å². The molecule has 3 N–H and O–H groups in total. The fraction of sp³-hybridized carbons (Fsp3) is 0. The van der Waals surface area contributed by atoms with E-state index < -0.39 is 5.97 Å². The number of rotatable bonds is 3. The molecule has 0 saturated heterocycles. The summed E-state index contributed by atoms with van der Waals surface area (Å²) in [6, 6.07) is 35.6. The van der Waals surface area contributed by atoms with Crippen molar-refractivity contribution in [2.75, 3.05) is 0 Å². The van der Waals surface area contributed by atoms with Gasteiger partial charge in [-0.05, 0) is 24.3 Å². The molecule has 8 bridgehead atoms. The molecule has 2 aliphatic heterocycles. The summed E-state index contributed by atoms with van der Waals surface area (Å²) in [5.74, 6) is 1.63. The molecule has 5 aromatic carbocycles. The van der Waals surface area contributed by atoms with Gasteiger partial charge in [0.05, 0.1) is 11.1 Å². The van der Waals surface area contributed by atoms with Crippen molar-refractivity contribution in [1.29, 1.82) is 0 Å². The van der Waals surface area contributed by atoms with Gasteiger partial charge in [0.25, 0.3) is 0 Å². The number of hydrogen-bond donors (Lipinski definition) is 3. The Balaban J connectivity index is 1.32. The number of benzene rings is 5. The monoisotopic (exact) mass is 650 g/mol. The number of aromatic amines is 2. The van der Waals surface area contributed by atoms with E-state index in [1.54, 1.807) is 18.2 Å². The summed E-state index contributed by atoms with van der Waals surface area (Å²) in [4.78, 5) is 48.7. The first-order chi connectivity index (χ1) is 24.6. The van der Waals surface area contributed by atoms with Crippen molar-refractivity contribution in [3.05, 3.63) is 121 Å². The number of H-pyrrole nitrogens is 2. The predicted octanol–water partition coefficient (Wildman–Crippen LogP) is 8.36. The predicted molar refractivity (Wildman–Crippen MR) is 190 cm³/mol. The number of aromatic carboxylic acids is 1. The molecule has 10 rings (SSSR count). The molecule has 236 valence electrons. The number of carboxylic acids is 1. The van der Waals surface area contributed by atoms with E-state index >= 15 is 0 Å². The van der Waals surface area contributed by atoms with E-state index in [9.17, 15) is 9.90 Å². The second-order valence-corrected chi connectivity index (χ2v) is 11.9. The van der Waals surface area contributed by atoms with Crippen LogP contribution in [0.2, 0.25) is 0 Å². The van der Waals surface area contributed by atoms with Gasteiger partial charge in [-0.1, -0.05) is 91.0 Å². The Morgan fingerprint density at radius 2 is 0.960 bits per heavy atom. The molecule has 11 heteroatoms. The average Bonchev–Trinajstić information content (AvgIpc) is 3.88. The molecule has 50 heavy (non-hydrogen) atoms. The SMILES string of the molecule is O=C(O)c1cccc(Oc2cccc3c2-c2nc-3nc3[nH]c(nc4nc(nc5[nH]c(n2)c2ccccc52)-c2ccccc2-4)c2ccccc32)c1. The van der Waals surface area contributed by atoms with Gasteiger partial charge in [-0.25, -0.2) is 34.7 Å². The van der Waals surface area contributed by atoms with E-state index in [0.29, 0.717) is 68.5 Å². The zero-order chi connectivity index (χ0) is 33.3. The molecule has 0 radical (unpaired) electrons. The Labute approximate surface area is 282 Å². The number of fused-ring (bicyclic) bond motifs is 20. The Morgan fingerprint density at radius 3 is 1.52 bits per heavy atom. The lowest BCUT2D eigenvalue weighted by molar-refractivity contribution is 0.0696. The van der Waals surface area contributed by atoms with Crippen LogP contribution in [0.15, 0.2) is 115 Å². The first-order valence-electron chi connectivity index (χ1n) is 15.8. The molecule has 0 amide bonds. The Morgan fingerprint density at radius 1 is 0.500 bits per heavy atom. The quantitative estimate of drug-likeness (QED) is 0.171. The number of nitrogens with one attached hydrogen (secondary N) is 2. The van der Waals surface area contributed by atoms with E-state index in [-0.39, 0.29) is 5.56 Å². The van der Waals surface area contributed by atoms with Crippen molar-refractivity contribution in [2.24, 2.45) is 0 Å². The summed E-state index contributed by atoms with van der Waals surface area (Å²) < 4.78 is 6.35. The van der Waals surface area contributed by atoms with Crippen LogP contribution in [-0.4, -0.2) is 50.9 Å². The molecule has 8 aromatic rings. The van der Waals surface area contributed by atoms with Crippen LogP contribution >= 0.6 is 0 Å². The smallest absolute Gasteiger partial charge is 0.335 e. The van der Waals surface area contributed by atoms with Crippen LogP contribution in [-0.2, 0) is 0 Å². The highest BCUT2D eigenvalue weighted by molar-refractivity contribution is 6.06. The van der Waals surface area contributed by atoms with Crippen LogP contribution in [0.5, 0.6) is 11.5 Å². The zero-order valence-corrected chi connectivity index (χ0v) is 25.9. The summed E-state index contributed by atoms with van der Waals surface area (Å²) in [5, 5.41) is 13.0. The van der Waals surface area contributed by atoms with E-state index in [4.69, 9.17) is 34.6 Å². The topological polar surface area (TPSA) is 155 Å². The number of carbonyl (C=O) groups is 1. The molecule has 0 unspecified atom stereocenters. The number of nitrogens with zero attached hydrogens (tertiary/aromatic N) is 6. The van der Waals surface area contributed by atoms with Crippen LogP contribution in [0.4, 0.5) is 0 Å². The molecular weight excluding hydrogens is 628 g/mol. The number of ether oxygens (including phenoxy) is 1. The molecule has 11 nitrogen and oxygen atoms in total.